The number of hydrogen-bond acceptors (Lipinski definition) is 2. The van der Waals surface area contributed by atoms with Crippen molar-refractivity contribution in [3.8, 4) is 0 Å². The molecule has 3 unspecified atom stereocenters. The van der Waals surface area contributed by atoms with Gasteiger partial charge in [-0.15, -0.1) is 0 Å². The second kappa shape index (κ2) is 5.67. The highest BCUT2D eigenvalue weighted by atomic mass is 16.4. The molecule has 1 aliphatic rings. The number of aliphatic carboxylic acids is 1. The van der Waals surface area contributed by atoms with Gasteiger partial charge in [0.25, 0.3) is 0 Å². The molecule has 0 bridgehead atoms. The van der Waals surface area contributed by atoms with Crippen molar-refractivity contribution >= 4 is 5.97 Å². The van der Waals surface area contributed by atoms with Gasteiger partial charge in [0.05, 0.1) is 5.92 Å². The third kappa shape index (κ3) is 3.48. The van der Waals surface area contributed by atoms with Crippen LogP contribution in [0.15, 0.2) is 0 Å². The molecule has 0 aliphatic carbocycles. The van der Waals surface area contributed by atoms with Crippen LogP contribution in [-0.4, -0.2) is 34.6 Å². The molecule has 3 atom stereocenters. The highest BCUT2D eigenvalue weighted by molar-refractivity contribution is 5.70. The Labute approximate surface area is 98.8 Å². The predicted octanol–water partition coefficient (Wildman–Crippen LogP) is 2.61. The first-order valence-electron chi connectivity index (χ1n) is 6.40. The molecule has 3 nitrogen and oxygen atoms in total. The first-order valence-corrected chi connectivity index (χ1v) is 6.40. The largest absolute Gasteiger partial charge is 0.481 e. The molecule has 1 fully saturated rings. The maximum Gasteiger partial charge on any atom is 0.306 e. The van der Waals surface area contributed by atoms with Gasteiger partial charge in [-0.3, -0.25) is 9.69 Å². The molecule has 1 rings (SSSR count). The summed E-state index contributed by atoms with van der Waals surface area (Å²) in [6, 6.07) is 0.980. The van der Waals surface area contributed by atoms with Crippen LogP contribution in [0.5, 0.6) is 0 Å². The van der Waals surface area contributed by atoms with Crippen LogP contribution in [0.25, 0.3) is 0 Å². The summed E-state index contributed by atoms with van der Waals surface area (Å²) in [6.07, 6.45) is 2.81. The summed E-state index contributed by atoms with van der Waals surface area (Å²) in [5.74, 6) is -0.0418. The Morgan fingerprint density at radius 2 is 2.06 bits per heavy atom. The Bertz CT molecular complexity index is 240. The van der Waals surface area contributed by atoms with Gasteiger partial charge >= 0.3 is 5.97 Å². The van der Waals surface area contributed by atoms with Crippen LogP contribution in [0.2, 0.25) is 0 Å². The van der Waals surface area contributed by atoms with Crippen molar-refractivity contribution in [1.29, 1.82) is 0 Å². The number of nitrogens with zero attached hydrogens (tertiary/aromatic N) is 1. The van der Waals surface area contributed by atoms with E-state index in [0.29, 0.717) is 18.0 Å². The summed E-state index contributed by atoms with van der Waals surface area (Å²) < 4.78 is 0. The standard InChI is InChI=1S/C13H25NO2/c1-9(2)7-10(3)14-6-5-12(13(15)16)8-11(14)4/h9-12H,5-8H2,1-4H3,(H,15,16). The molecule has 0 aromatic heterocycles. The van der Waals surface area contributed by atoms with Gasteiger partial charge in [-0.25, -0.2) is 0 Å². The maximum atomic E-state index is 10.9. The normalized spacial score (nSPS) is 29.3. The summed E-state index contributed by atoms with van der Waals surface area (Å²) in [5, 5.41) is 9.01. The molecule has 1 saturated heterocycles. The van der Waals surface area contributed by atoms with Gasteiger partial charge in [-0.2, -0.15) is 0 Å². The first-order chi connectivity index (χ1) is 7.41. The minimum Gasteiger partial charge on any atom is -0.481 e. The summed E-state index contributed by atoms with van der Waals surface area (Å²) in [5.41, 5.74) is 0. The molecular formula is C13H25NO2. The molecule has 0 amide bonds. The van der Waals surface area contributed by atoms with E-state index >= 15 is 0 Å². The fourth-order valence-electron chi connectivity index (χ4n) is 2.89. The number of carboxylic acid groups (broad SMARTS) is 1. The van der Waals surface area contributed by atoms with Crippen LogP contribution in [0, 0.1) is 11.8 Å². The van der Waals surface area contributed by atoms with E-state index in [-0.39, 0.29) is 5.92 Å². The van der Waals surface area contributed by atoms with Crippen molar-refractivity contribution < 1.29 is 9.90 Å². The van der Waals surface area contributed by atoms with Gasteiger partial charge in [0, 0.05) is 12.1 Å². The van der Waals surface area contributed by atoms with Crippen LogP contribution in [0.4, 0.5) is 0 Å². The van der Waals surface area contributed by atoms with E-state index in [1.807, 2.05) is 0 Å². The minimum absolute atomic E-state index is 0.127. The van der Waals surface area contributed by atoms with E-state index in [4.69, 9.17) is 5.11 Å². The summed E-state index contributed by atoms with van der Waals surface area (Å²) in [7, 11) is 0. The molecule has 1 aliphatic heterocycles. The van der Waals surface area contributed by atoms with Crippen LogP contribution < -0.4 is 0 Å². The molecule has 0 spiro atoms. The van der Waals surface area contributed by atoms with E-state index < -0.39 is 5.97 Å². The fourth-order valence-corrected chi connectivity index (χ4v) is 2.89. The molecule has 94 valence electrons. The van der Waals surface area contributed by atoms with Crippen molar-refractivity contribution in [2.24, 2.45) is 11.8 Å². The molecule has 1 heterocycles. The number of likely N-dealkylation sites (tertiary alicyclic amines) is 1. The third-order valence-electron chi connectivity index (χ3n) is 3.66. The average Bonchev–Trinajstić information content (AvgIpc) is 2.15. The Balaban J connectivity index is 2.49. The van der Waals surface area contributed by atoms with Gasteiger partial charge in [0.1, 0.15) is 0 Å². The lowest BCUT2D eigenvalue weighted by atomic mass is 9.89. The van der Waals surface area contributed by atoms with Crippen LogP contribution >= 0.6 is 0 Å². The zero-order valence-corrected chi connectivity index (χ0v) is 10.9. The molecular weight excluding hydrogens is 202 g/mol. The van der Waals surface area contributed by atoms with Gasteiger partial charge < -0.3 is 5.11 Å². The number of piperidine rings is 1. The van der Waals surface area contributed by atoms with E-state index in [0.717, 1.165) is 19.4 Å². The highest BCUT2D eigenvalue weighted by Crippen LogP contribution is 2.26. The molecule has 0 saturated carbocycles. The topological polar surface area (TPSA) is 40.5 Å². The zero-order valence-electron chi connectivity index (χ0n) is 10.9. The monoisotopic (exact) mass is 227 g/mol. The Morgan fingerprint density at radius 1 is 1.44 bits per heavy atom. The number of carboxylic acids is 1. The molecule has 0 radical (unpaired) electrons. The summed E-state index contributed by atoms with van der Waals surface area (Å²) in [4.78, 5) is 13.4. The molecule has 3 heteroatoms. The SMILES string of the molecule is CC(C)CC(C)N1CCC(C(=O)O)CC1C. The van der Waals surface area contributed by atoms with E-state index in [2.05, 4.69) is 32.6 Å². The van der Waals surface area contributed by atoms with Crippen molar-refractivity contribution in [3.63, 3.8) is 0 Å². The number of carbonyl (C=O) groups is 1. The van der Waals surface area contributed by atoms with Crippen LogP contribution in [0.3, 0.4) is 0 Å². The fraction of sp³-hybridized carbons (Fsp3) is 0.923. The molecule has 0 aromatic rings. The van der Waals surface area contributed by atoms with Gasteiger partial charge in [-0.05, 0) is 45.6 Å². The Hall–Kier alpha value is -0.570. The van der Waals surface area contributed by atoms with Gasteiger partial charge in [0.15, 0.2) is 0 Å². The van der Waals surface area contributed by atoms with Gasteiger partial charge in [0.2, 0.25) is 0 Å². The highest BCUT2D eigenvalue weighted by Gasteiger charge is 2.31. The van der Waals surface area contributed by atoms with E-state index in [9.17, 15) is 4.79 Å². The molecule has 16 heavy (non-hydrogen) atoms. The Morgan fingerprint density at radius 3 is 2.50 bits per heavy atom. The smallest absolute Gasteiger partial charge is 0.306 e. The predicted molar refractivity (Wildman–Crippen MR) is 65.4 cm³/mol. The average molecular weight is 227 g/mol. The Kier molecular flexibility index (Phi) is 4.78. The molecule has 1 N–H and O–H groups in total. The molecule has 0 aromatic carbocycles. The number of hydrogen-bond donors (Lipinski definition) is 1. The zero-order chi connectivity index (χ0) is 12.3. The van der Waals surface area contributed by atoms with E-state index in [1.54, 1.807) is 0 Å². The summed E-state index contributed by atoms with van der Waals surface area (Å²) >= 11 is 0. The van der Waals surface area contributed by atoms with Crippen molar-refractivity contribution in [2.75, 3.05) is 6.54 Å². The van der Waals surface area contributed by atoms with E-state index in [1.165, 1.54) is 6.42 Å². The lowest BCUT2D eigenvalue weighted by Crippen LogP contribution is -2.47. The second-order valence-electron chi connectivity index (χ2n) is 5.62. The lowest BCUT2D eigenvalue weighted by Gasteiger charge is -2.40. The second-order valence-corrected chi connectivity index (χ2v) is 5.62. The van der Waals surface area contributed by atoms with Crippen LogP contribution in [-0.2, 0) is 4.79 Å². The van der Waals surface area contributed by atoms with Crippen molar-refractivity contribution in [3.05, 3.63) is 0 Å². The first kappa shape index (κ1) is 13.5. The van der Waals surface area contributed by atoms with Crippen LogP contribution in [0.1, 0.15) is 47.0 Å². The quantitative estimate of drug-likeness (QED) is 0.802. The number of rotatable bonds is 4. The van der Waals surface area contributed by atoms with Gasteiger partial charge in [-0.1, -0.05) is 13.8 Å². The third-order valence-corrected chi connectivity index (χ3v) is 3.66. The maximum absolute atomic E-state index is 10.9. The summed E-state index contributed by atoms with van der Waals surface area (Å²) in [6.45, 7) is 9.84. The minimum atomic E-state index is -0.622. The van der Waals surface area contributed by atoms with Crippen molar-refractivity contribution in [2.45, 2.75) is 59.0 Å². The van der Waals surface area contributed by atoms with Crippen molar-refractivity contribution in [1.82, 2.24) is 4.90 Å². The lowest BCUT2D eigenvalue weighted by molar-refractivity contribution is -0.144.